The molecule has 2 heterocycles. The molecule has 2 aromatic heterocycles. The molecule has 0 saturated heterocycles. The van der Waals surface area contributed by atoms with E-state index >= 15 is 0 Å². The van der Waals surface area contributed by atoms with E-state index < -0.39 is 11.8 Å². The second-order valence-electron chi connectivity index (χ2n) is 7.24. The zero-order chi connectivity index (χ0) is 25.5. The largest absolute Gasteiger partial charge is 0.483 e. The summed E-state index contributed by atoms with van der Waals surface area (Å²) in [6, 6.07) is 6.08. The number of hydrogen-bond donors (Lipinski definition) is 1. The van der Waals surface area contributed by atoms with Crippen LogP contribution in [0.2, 0.25) is 0 Å². The molecule has 0 spiro atoms. The number of esters is 1. The number of ketones is 1. The van der Waals surface area contributed by atoms with Crippen LogP contribution in [0.4, 0.5) is 9.39 Å². The van der Waals surface area contributed by atoms with Crippen LogP contribution in [0.15, 0.2) is 29.4 Å². The topological polar surface area (TPSA) is 112 Å². The lowest BCUT2D eigenvalue weighted by Gasteiger charge is -2.09. The molecule has 12 heteroatoms. The van der Waals surface area contributed by atoms with Crippen LogP contribution in [0.25, 0.3) is 0 Å². The molecule has 0 bridgehead atoms. The van der Waals surface area contributed by atoms with E-state index in [1.165, 1.54) is 19.1 Å². The van der Waals surface area contributed by atoms with Crippen molar-refractivity contribution in [1.82, 2.24) is 14.8 Å². The fourth-order valence-corrected chi connectivity index (χ4v) is 5.16. The van der Waals surface area contributed by atoms with E-state index in [2.05, 4.69) is 15.5 Å². The van der Waals surface area contributed by atoms with Gasteiger partial charge in [-0.25, -0.2) is 9.18 Å². The van der Waals surface area contributed by atoms with Gasteiger partial charge in [-0.3, -0.25) is 9.59 Å². The Balaban J connectivity index is 1.68. The highest BCUT2D eigenvalue weighted by atomic mass is 32.2. The summed E-state index contributed by atoms with van der Waals surface area (Å²) in [4.78, 5) is 37.4. The van der Waals surface area contributed by atoms with Crippen LogP contribution in [0.3, 0.4) is 0 Å². The van der Waals surface area contributed by atoms with Gasteiger partial charge in [0.05, 0.1) is 22.8 Å². The number of aromatic nitrogens is 3. The van der Waals surface area contributed by atoms with Crippen molar-refractivity contribution in [3.8, 4) is 5.75 Å². The predicted molar refractivity (Wildman–Crippen MR) is 131 cm³/mol. The van der Waals surface area contributed by atoms with Crippen molar-refractivity contribution in [3.05, 3.63) is 51.9 Å². The summed E-state index contributed by atoms with van der Waals surface area (Å²) in [7, 11) is 0. The SMILES string of the molecule is CCOC(=O)c1c(NC(=O)CSc2nnc(COc3ccccc3F)n2CC)sc(C(C)=O)c1C. The first kappa shape index (κ1) is 26.4. The maximum atomic E-state index is 13.8. The molecule has 3 aromatic rings. The Hall–Kier alpha value is -3.25. The van der Waals surface area contributed by atoms with Gasteiger partial charge in [-0.15, -0.1) is 21.5 Å². The number of para-hydroxylation sites is 1. The number of amides is 1. The molecular weight excluding hydrogens is 495 g/mol. The fourth-order valence-electron chi connectivity index (χ4n) is 3.23. The van der Waals surface area contributed by atoms with E-state index in [1.54, 1.807) is 30.5 Å². The number of nitrogens with one attached hydrogen (secondary N) is 1. The van der Waals surface area contributed by atoms with Gasteiger partial charge in [0.2, 0.25) is 5.91 Å². The molecule has 3 rings (SSSR count). The third kappa shape index (κ3) is 6.25. The Bertz CT molecular complexity index is 1240. The minimum Gasteiger partial charge on any atom is -0.483 e. The third-order valence-corrected chi connectivity index (χ3v) is 7.11. The van der Waals surface area contributed by atoms with Crippen molar-refractivity contribution in [1.29, 1.82) is 0 Å². The van der Waals surface area contributed by atoms with Crippen molar-refractivity contribution in [2.24, 2.45) is 0 Å². The number of benzene rings is 1. The molecule has 1 N–H and O–H groups in total. The molecule has 35 heavy (non-hydrogen) atoms. The second-order valence-corrected chi connectivity index (χ2v) is 9.20. The zero-order valence-corrected chi connectivity index (χ0v) is 21.3. The summed E-state index contributed by atoms with van der Waals surface area (Å²) >= 11 is 2.20. The zero-order valence-electron chi connectivity index (χ0n) is 19.7. The molecule has 1 amide bonds. The first-order chi connectivity index (χ1) is 16.8. The number of carbonyl (C=O) groups is 3. The molecule has 0 fully saturated rings. The number of thiophene rings is 1. The third-order valence-electron chi connectivity index (χ3n) is 4.83. The monoisotopic (exact) mass is 520 g/mol. The first-order valence-corrected chi connectivity index (χ1v) is 12.6. The number of halogens is 1. The minimum atomic E-state index is -0.595. The van der Waals surface area contributed by atoms with Crippen molar-refractivity contribution in [2.75, 3.05) is 17.7 Å². The van der Waals surface area contributed by atoms with Gasteiger partial charge in [-0.05, 0) is 45.4 Å². The molecule has 0 aliphatic rings. The highest BCUT2D eigenvalue weighted by Crippen LogP contribution is 2.34. The molecule has 1 aromatic carbocycles. The van der Waals surface area contributed by atoms with Crippen molar-refractivity contribution >= 4 is 45.8 Å². The van der Waals surface area contributed by atoms with Crippen LogP contribution in [0.5, 0.6) is 5.75 Å². The Morgan fingerprint density at radius 2 is 1.94 bits per heavy atom. The van der Waals surface area contributed by atoms with Gasteiger partial charge in [0.15, 0.2) is 28.3 Å². The number of thioether (sulfide) groups is 1. The quantitative estimate of drug-likeness (QED) is 0.224. The van der Waals surface area contributed by atoms with Crippen LogP contribution in [-0.2, 0) is 22.7 Å². The number of carbonyl (C=O) groups excluding carboxylic acids is 3. The molecule has 0 aliphatic carbocycles. The van der Waals surface area contributed by atoms with Crippen LogP contribution in [0.1, 0.15) is 52.2 Å². The average Bonchev–Trinajstić information content (AvgIpc) is 3.37. The number of nitrogens with zero attached hydrogens (tertiary/aromatic N) is 3. The van der Waals surface area contributed by atoms with Gasteiger partial charge in [0.25, 0.3) is 0 Å². The maximum Gasteiger partial charge on any atom is 0.341 e. The van der Waals surface area contributed by atoms with E-state index in [0.717, 1.165) is 23.1 Å². The van der Waals surface area contributed by atoms with Gasteiger partial charge in [0, 0.05) is 6.54 Å². The molecule has 9 nitrogen and oxygen atoms in total. The standard InChI is InChI=1S/C23H25FN4O5S2/c1-5-28-17(11-33-16-10-8-7-9-15(16)24)26-27-23(28)34-12-18(30)25-21-19(22(31)32-6-2)13(3)20(35-21)14(4)29/h7-10H,5-6,11-12H2,1-4H3,(H,25,30). The molecule has 0 saturated carbocycles. The van der Waals surface area contributed by atoms with E-state index in [9.17, 15) is 18.8 Å². The Kier molecular flexibility index (Phi) is 8.99. The number of ether oxygens (including phenoxy) is 2. The Morgan fingerprint density at radius 3 is 2.60 bits per heavy atom. The molecule has 0 aliphatic heterocycles. The number of Topliss-reactive ketones (excluding diaryl/α,β-unsaturated/α-hetero) is 1. The van der Waals surface area contributed by atoms with Crippen LogP contribution >= 0.6 is 23.1 Å². The highest BCUT2D eigenvalue weighted by molar-refractivity contribution is 7.99. The fraction of sp³-hybridized carbons (Fsp3) is 0.348. The van der Waals surface area contributed by atoms with E-state index in [0.29, 0.717) is 28.0 Å². The number of hydrogen-bond acceptors (Lipinski definition) is 9. The van der Waals surface area contributed by atoms with Gasteiger partial charge >= 0.3 is 5.97 Å². The highest BCUT2D eigenvalue weighted by Gasteiger charge is 2.25. The van der Waals surface area contributed by atoms with E-state index in [1.807, 2.05) is 6.92 Å². The summed E-state index contributed by atoms with van der Waals surface area (Å²) in [6.45, 7) is 7.33. The normalized spacial score (nSPS) is 10.8. The first-order valence-electron chi connectivity index (χ1n) is 10.8. The smallest absolute Gasteiger partial charge is 0.341 e. The van der Waals surface area contributed by atoms with E-state index in [4.69, 9.17) is 9.47 Å². The Morgan fingerprint density at radius 1 is 1.20 bits per heavy atom. The van der Waals surface area contributed by atoms with Gasteiger partial charge in [-0.2, -0.15) is 0 Å². The molecule has 0 unspecified atom stereocenters. The van der Waals surface area contributed by atoms with Crippen molar-refractivity contribution < 1.29 is 28.2 Å². The summed E-state index contributed by atoms with van der Waals surface area (Å²) in [5, 5.41) is 11.7. The summed E-state index contributed by atoms with van der Waals surface area (Å²) in [6.07, 6.45) is 0. The summed E-state index contributed by atoms with van der Waals surface area (Å²) in [5.41, 5.74) is 0.666. The maximum absolute atomic E-state index is 13.8. The Labute approximate surface area is 210 Å². The molecular formula is C23H25FN4O5S2. The lowest BCUT2D eigenvalue weighted by atomic mass is 10.1. The van der Waals surface area contributed by atoms with Gasteiger partial charge in [-0.1, -0.05) is 23.9 Å². The summed E-state index contributed by atoms with van der Waals surface area (Å²) < 4.78 is 26.2. The van der Waals surface area contributed by atoms with E-state index in [-0.39, 0.29) is 47.0 Å². The average molecular weight is 521 g/mol. The summed E-state index contributed by atoms with van der Waals surface area (Å²) in [5.74, 6) is -1.06. The number of anilines is 1. The van der Waals surface area contributed by atoms with Gasteiger partial charge in [0.1, 0.15) is 11.6 Å². The van der Waals surface area contributed by atoms with Crippen LogP contribution in [-0.4, -0.2) is 44.8 Å². The molecule has 0 atom stereocenters. The number of rotatable bonds is 11. The van der Waals surface area contributed by atoms with Crippen molar-refractivity contribution in [3.63, 3.8) is 0 Å². The lowest BCUT2D eigenvalue weighted by molar-refractivity contribution is -0.113. The van der Waals surface area contributed by atoms with Gasteiger partial charge < -0.3 is 19.4 Å². The second kappa shape index (κ2) is 11.9. The van der Waals surface area contributed by atoms with Crippen LogP contribution in [0, 0.1) is 12.7 Å². The van der Waals surface area contributed by atoms with Crippen molar-refractivity contribution in [2.45, 2.75) is 46.0 Å². The predicted octanol–water partition coefficient (Wildman–Crippen LogP) is 4.50. The molecule has 186 valence electrons. The van der Waals surface area contributed by atoms with Crippen LogP contribution < -0.4 is 10.1 Å². The molecule has 0 radical (unpaired) electrons. The minimum absolute atomic E-state index is 0.0130. The lowest BCUT2D eigenvalue weighted by Crippen LogP contribution is -2.17.